The molecule has 0 heterocycles. The molecule has 0 aromatic carbocycles. The van der Waals surface area contributed by atoms with E-state index in [-0.39, 0.29) is 6.04 Å². The van der Waals surface area contributed by atoms with Gasteiger partial charge in [0.2, 0.25) is 0 Å². The Morgan fingerprint density at radius 1 is 1.73 bits per heavy atom. The Labute approximate surface area is 67.5 Å². The number of oxime groups is 1. The number of nitrogens with zero attached hydrogens (tertiary/aromatic N) is 1. The molecule has 1 unspecified atom stereocenters. The minimum atomic E-state index is 0.156. The Hall–Kier alpha value is -0.610. The summed E-state index contributed by atoms with van der Waals surface area (Å²) in [4.78, 5) is 0. The molecule has 66 valence electrons. The lowest BCUT2D eigenvalue weighted by Crippen LogP contribution is -2.37. The fourth-order valence-corrected chi connectivity index (χ4v) is 0.915. The van der Waals surface area contributed by atoms with Crippen molar-refractivity contribution in [1.82, 2.24) is 5.32 Å². The van der Waals surface area contributed by atoms with Gasteiger partial charge in [-0.05, 0) is 13.3 Å². The summed E-state index contributed by atoms with van der Waals surface area (Å²) in [6.45, 7) is 5.18. The van der Waals surface area contributed by atoms with Gasteiger partial charge in [-0.15, -0.1) is 0 Å². The number of nitrogens with one attached hydrogen (secondary N) is 1. The molecule has 0 spiro atoms. The maximum absolute atomic E-state index is 8.45. The Morgan fingerprint density at radius 3 is 2.73 bits per heavy atom. The maximum atomic E-state index is 8.45. The van der Waals surface area contributed by atoms with Crippen molar-refractivity contribution in [2.75, 3.05) is 13.1 Å². The van der Waals surface area contributed by atoms with E-state index in [9.17, 15) is 0 Å². The first-order valence-corrected chi connectivity index (χ1v) is 3.88. The molecule has 0 saturated heterocycles. The summed E-state index contributed by atoms with van der Waals surface area (Å²) in [5, 5.41) is 14.7. The monoisotopic (exact) mass is 159 g/mol. The number of rotatable bonds is 5. The van der Waals surface area contributed by atoms with Gasteiger partial charge >= 0.3 is 0 Å². The van der Waals surface area contributed by atoms with Gasteiger partial charge in [0.25, 0.3) is 0 Å². The van der Waals surface area contributed by atoms with Crippen LogP contribution in [0.15, 0.2) is 5.16 Å². The summed E-state index contributed by atoms with van der Waals surface area (Å²) in [5.41, 5.74) is 6.02. The number of hydrogen-bond donors (Lipinski definition) is 3. The van der Waals surface area contributed by atoms with Crippen molar-refractivity contribution in [1.29, 1.82) is 0 Å². The van der Waals surface area contributed by atoms with Gasteiger partial charge in [0.15, 0.2) is 0 Å². The highest BCUT2D eigenvalue weighted by atomic mass is 16.4. The topological polar surface area (TPSA) is 70.6 Å². The first-order chi connectivity index (χ1) is 5.26. The van der Waals surface area contributed by atoms with Gasteiger partial charge in [0, 0.05) is 19.1 Å². The number of hydrogen-bond acceptors (Lipinski definition) is 4. The molecule has 0 amide bonds. The van der Waals surface area contributed by atoms with E-state index in [0.29, 0.717) is 12.3 Å². The zero-order valence-corrected chi connectivity index (χ0v) is 7.17. The third-order valence-electron chi connectivity index (χ3n) is 1.61. The van der Waals surface area contributed by atoms with Crippen LogP contribution in [0.1, 0.15) is 20.3 Å². The molecule has 0 radical (unpaired) electrons. The zero-order valence-electron chi connectivity index (χ0n) is 7.17. The van der Waals surface area contributed by atoms with Crippen LogP contribution < -0.4 is 11.1 Å². The molecule has 0 aliphatic carbocycles. The molecule has 0 aromatic rings. The van der Waals surface area contributed by atoms with Gasteiger partial charge in [0.05, 0.1) is 5.71 Å². The molecule has 4 nitrogen and oxygen atoms in total. The Kier molecular flexibility index (Phi) is 5.78. The van der Waals surface area contributed by atoms with Gasteiger partial charge in [-0.2, -0.15) is 0 Å². The number of nitrogens with two attached hydrogens (primary N) is 1. The molecule has 0 saturated carbocycles. The Balaban J connectivity index is 3.75. The van der Waals surface area contributed by atoms with Crippen LogP contribution in [0.25, 0.3) is 0 Å². The van der Waals surface area contributed by atoms with E-state index in [0.717, 1.165) is 13.0 Å². The summed E-state index contributed by atoms with van der Waals surface area (Å²) in [7, 11) is 0. The van der Waals surface area contributed by atoms with Gasteiger partial charge in [-0.25, -0.2) is 0 Å². The van der Waals surface area contributed by atoms with Crippen molar-refractivity contribution in [3.05, 3.63) is 0 Å². The van der Waals surface area contributed by atoms with Crippen molar-refractivity contribution >= 4 is 5.71 Å². The quantitative estimate of drug-likeness (QED) is 0.304. The van der Waals surface area contributed by atoms with Crippen molar-refractivity contribution in [2.24, 2.45) is 10.9 Å². The third kappa shape index (κ3) is 3.95. The molecule has 0 fully saturated rings. The average molecular weight is 159 g/mol. The van der Waals surface area contributed by atoms with E-state index in [4.69, 9.17) is 10.9 Å². The molecule has 0 aromatic heterocycles. The molecular weight excluding hydrogens is 142 g/mol. The minimum absolute atomic E-state index is 0.156. The van der Waals surface area contributed by atoms with Crippen LogP contribution in [-0.4, -0.2) is 30.1 Å². The molecule has 0 aliphatic heterocycles. The highest BCUT2D eigenvalue weighted by molar-refractivity contribution is 5.86. The molecule has 0 aliphatic rings. The van der Waals surface area contributed by atoms with Crippen molar-refractivity contribution in [2.45, 2.75) is 26.3 Å². The van der Waals surface area contributed by atoms with Crippen LogP contribution in [-0.2, 0) is 0 Å². The zero-order chi connectivity index (χ0) is 8.69. The van der Waals surface area contributed by atoms with Gasteiger partial charge in [-0.3, -0.25) is 0 Å². The predicted molar refractivity (Wildman–Crippen MR) is 46.0 cm³/mol. The Morgan fingerprint density at radius 2 is 2.36 bits per heavy atom. The normalized spacial score (nSPS) is 15.0. The van der Waals surface area contributed by atoms with Crippen LogP contribution in [0.3, 0.4) is 0 Å². The lowest BCUT2D eigenvalue weighted by Gasteiger charge is -2.14. The summed E-state index contributed by atoms with van der Waals surface area (Å²) in [6, 6.07) is 0.156. The van der Waals surface area contributed by atoms with Gasteiger partial charge in [0.1, 0.15) is 0 Å². The van der Waals surface area contributed by atoms with E-state index in [2.05, 4.69) is 10.5 Å². The first-order valence-electron chi connectivity index (χ1n) is 3.88. The molecule has 4 N–H and O–H groups in total. The standard InChI is InChI=1S/C7H17N3O/c1-3-7(6(2)10-11)9-5-4-8/h7,9,11H,3-5,8H2,1-2H3. The van der Waals surface area contributed by atoms with Crippen molar-refractivity contribution in [3.63, 3.8) is 0 Å². The molecule has 0 rings (SSSR count). The van der Waals surface area contributed by atoms with Crippen LogP contribution in [0, 0.1) is 0 Å². The van der Waals surface area contributed by atoms with Gasteiger partial charge in [-0.1, -0.05) is 12.1 Å². The molecular formula is C7H17N3O. The van der Waals surface area contributed by atoms with E-state index in [1.54, 1.807) is 6.92 Å². The highest BCUT2D eigenvalue weighted by Gasteiger charge is 2.07. The largest absolute Gasteiger partial charge is 0.411 e. The SMILES string of the molecule is CCC(NCCN)C(C)=NO. The molecule has 1 atom stereocenters. The minimum Gasteiger partial charge on any atom is -0.411 e. The fraction of sp³-hybridized carbons (Fsp3) is 0.857. The summed E-state index contributed by atoms with van der Waals surface area (Å²) in [5.74, 6) is 0. The van der Waals surface area contributed by atoms with Crippen LogP contribution in [0.4, 0.5) is 0 Å². The van der Waals surface area contributed by atoms with Crippen molar-refractivity contribution in [3.8, 4) is 0 Å². The molecule has 0 bridgehead atoms. The van der Waals surface area contributed by atoms with Gasteiger partial charge < -0.3 is 16.3 Å². The van der Waals surface area contributed by atoms with Crippen LogP contribution >= 0.6 is 0 Å². The second-order valence-electron chi connectivity index (χ2n) is 2.45. The molecule has 11 heavy (non-hydrogen) atoms. The van der Waals surface area contributed by atoms with Crippen LogP contribution in [0.5, 0.6) is 0 Å². The average Bonchev–Trinajstić information content (AvgIpc) is 2.05. The second-order valence-corrected chi connectivity index (χ2v) is 2.45. The predicted octanol–water partition coefficient (Wildman–Crippen LogP) is 0.163. The lowest BCUT2D eigenvalue weighted by molar-refractivity contribution is 0.315. The van der Waals surface area contributed by atoms with Crippen LogP contribution in [0.2, 0.25) is 0 Å². The van der Waals surface area contributed by atoms with E-state index < -0.39 is 0 Å². The lowest BCUT2D eigenvalue weighted by atomic mass is 10.1. The van der Waals surface area contributed by atoms with Crippen molar-refractivity contribution < 1.29 is 5.21 Å². The summed E-state index contributed by atoms with van der Waals surface area (Å²) < 4.78 is 0. The van der Waals surface area contributed by atoms with E-state index >= 15 is 0 Å². The molecule has 4 heteroatoms. The smallest absolute Gasteiger partial charge is 0.0708 e. The highest BCUT2D eigenvalue weighted by Crippen LogP contribution is 1.93. The van der Waals surface area contributed by atoms with E-state index in [1.807, 2.05) is 6.92 Å². The second kappa shape index (κ2) is 6.12. The maximum Gasteiger partial charge on any atom is 0.0708 e. The first kappa shape index (κ1) is 10.4. The fourth-order valence-electron chi connectivity index (χ4n) is 0.915. The summed E-state index contributed by atoms with van der Waals surface area (Å²) >= 11 is 0. The third-order valence-corrected chi connectivity index (χ3v) is 1.61. The summed E-state index contributed by atoms with van der Waals surface area (Å²) in [6.07, 6.45) is 0.913. The van der Waals surface area contributed by atoms with E-state index in [1.165, 1.54) is 0 Å². The Bertz CT molecular complexity index is 125.